The fourth-order valence-corrected chi connectivity index (χ4v) is 5.23. The molecule has 2 aliphatic heterocycles. The Morgan fingerprint density at radius 3 is 2.30 bits per heavy atom. The molecule has 0 aromatic carbocycles. The number of carbonyl (C=O) groups is 4. The topological polar surface area (TPSA) is 87.2 Å². The molecule has 30 heavy (non-hydrogen) atoms. The number of rotatable bonds is 3. The number of likely N-dealkylation sites (N-methyl/N-ethyl adjacent to an activating group) is 1. The largest absolute Gasteiger partial charge is 0.444 e. The standard InChI is InChI=1S/C22H33N3O5/c1-13(23(5)20(29)30-21(2,3)4)17(26)24-12-9-15-16(24)22(10-6-11-22)19(28)25(15)18(27)14-7-8-14/h13-16H,6-12H2,1-5H3/t13-,15-,16-/m0/s1. The molecule has 2 saturated carbocycles. The number of nitrogens with zero attached hydrogens (tertiary/aromatic N) is 3. The number of hydrogen-bond donors (Lipinski definition) is 0. The number of imide groups is 1. The Bertz CT molecular complexity index is 780. The van der Waals surface area contributed by atoms with Gasteiger partial charge in [-0.05, 0) is 59.8 Å². The second-order valence-corrected chi connectivity index (χ2v) is 10.4. The highest BCUT2D eigenvalue weighted by atomic mass is 16.6. The molecule has 8 heteroatoms. The highest BCUT2D eigenvalue weighted by molar-refractivity contribution is 6.04. The number of carbonyl (C=O) groups excluding carboxylic acids is 4. The van der Waals surface area contributed by atoms with Crippen LogP contribution in [0.25, 0.3) is 0 Å². The first-order valence-corrected chi connectivity index (χ1v) is 11.1. The number of likely N-dealkylation sites (tertiary alicyclic amines) is 2. The van der Waals surface area contributed by atoms with Gasteiger partial charge in [0.05, 0.1) is 17.5 Å². The smallest absolute Gasteiger partial charge is 0.410 e. The molecule has 4 aliphatic rings. The molecule has 3 atom stereocenters. The van der Waals surface area contributed by atoms with Crippen LogP contribution in [0.4, 0.5) is 4.79 Å². The summed E-state index contributed by atoms with van der Waals surface area (Å²) in [5.41, 5.74) is -1.27. The van der Waals surface area contributed by atoms with Crippen molar-refractivity contribution >= 4 is 23.8 Å². The lowest BCUT2D eigenvalue weighted by Gasteiger charge is -2.44. The molecular formula is C22H33N3O5. The van der Waals surface area contributed by atoms with Crippen LogP contribution >= 0.6 is 0 Å². The lowest BCUT2D eigenvalue weighted by atomic mass is 9.64. The van der Waals surface area contributed by atoms with Crippen molar-refractivity contribution in [2.24, 2.45) is 11.3 Å². The first-order valence-electron chi connectivity index (χ1n) is 11.1. The van der Waals surface area contributed by atoms with E-state index in [1.165, 1.54) is 9.80 Å². The summed E-state index contributed by atoms with van der Waals surface area (Å²) in [6, 6.07) is -1.21. The number of hydrogen-bond acceptors (Lipinski definition) is 5. The third-order valence-electron chi connectivity index (χ3n) is 7.22. The van der Waals surface area contributed by atoms with E-state index in [4.69, 9.17) is 4.74 Å². The van der Waals surface area contributed by atoms with Crippen molar-refractivity contribution in [2.75, 3.05) is 13.6 Å². The predicted octanol–water partition coefficient (Wildman–Crippen LogP) is 2.16. The fourth-order valence-electron chi connectivity index (χ4n) is 5.23. The Hall–Kier alpha value is -2.12. The van der Waals surface area contributed by atoms with Gasteiger partial charge in [-0.3, -0.25) is 24.2 Å². The Kier molecular flexibility index (Phi) is 4.90. The Morgan fingerprint density at radius 2 is 1.80 bits per heavy atom. The van der Waals surface area contributed by atoms with Crippen LogP contribution < -0.4 is 0 Å². The van der Waals surface area contributed by atoms with Gasteiger partial charge in [-0.15, -0.1) is 0 Å². The maximum absolute atomic E-state index is 13.4. The molecule has 0 aromatic heterocycles. The van der Waals surface area contributed by atoms with E-state index in [0.29, 0.717) is 13.0 Å². The van der Waals surface area contributed by atoms with Crippen molar-refractivity contribution in [1.82, 2.24) is 14.7 Å². The zero-order valence-electron chi connectivity index (χ0n) is 18.6. The molecule has 4 amide bonds. The molecule has 0 aromatic rings. The SMILES string of the molecule is C[C@@H](C(=O)N1CC[C@H]2[C@H]1C1(CCC1)C(=O)N2C(=O)C1CC1)N(C)C(=O)OC(C)(C)C. The molecule has 0 unspecified atom stereocenters. The van der Waals surface area contributed by atoms with Crippen molar-refractivity contribution in [1.29, 1.82) is 0 Å². The first kappa shape index (κ1) is 21.1. The molecule has 166 valence electrons. The maximum Gasteiger partial charge on any atom is 0.410 e. The van der Waals surface area contributed by atoms with E-state index in [1.807, 2.05) is 0 Å². The molecule has 0 bridgehead atoms. The lowest BCUT2D eigenvalue weighted by molar-refractivity contribution is -0.152. The Morgan fingerprint density at radius 1 is 1.17 bits per heavy atom. The molecule has 2 heterocycles. The second-order valence-electron chi connectivity index (χ2n) is 10.4. The average Bonchev–Trinajstić information content (AvgIpc) is 3.33. The zero-order valence-corrected chi connectivity index (χ0v) is 18.6. The van der Waals surface area contributed by atoms with E-state index in [0.717, 1.165) is 32.1 Å². The van der Waals surface area contributed by atoms with E-state index in [9.17, 15) is 19.2 Å². The summed E-state index contributed by atoms with van der Waals surface area (Å²) < 4.78 is 5.40. The number of amides is 4. The molecule has 2 aliphatic carbocycles. The van der Waals surface area contributed by atoms with Gasteiger partial charge in [0.15, 0.2) is 0 Å². The van der Waals surface area contributed by atoms with Crippen molar-refractivity contribution < 1.29 is 23.9 Å². The number of ether oxygens (including phenoxy) is 1. The van der Waals surface area contributed by atoms with Gasteiger partial charge in [0.25, 0.3) is 0 Å². The van der Waals surface area contributed by atoms with E-state index < -0.39 is 23.2 Å². The van der Waals surface area contributed by atoms with Gasteiger partial charge in [-0.2, -0.15) is 0 Å². The molecular weight excluding hydrogens is 386 g/mol. The predicted molar refractivity (Wildman–Crippen MR) is 108 cm³/mol. The van der Waals surface area contributed by atoms with E-state index in [-0.39, 0.29) is 35.7 Å². The minimum atomic E-state index is -0.709. The zero-order chi connectivity index (χ0) is 22.0. The summed E-state index contributed by atoms with van der Waals surface area (Å²) in [4.78, 5) is 56.6. The second kappa shape index (κ2) is 6.95. The maximum atomic E-state index is 13.4. The van der Waals surface area contributed by atoms with Gasteiger partial charge in [0, 0.05) is 19.5 Å². The minimum Gasteiger partial charge on any atom is -0.444 e. The highest BCUT2D eigenvalue weighted by Crippen LogP contribution is 2.56. The van der Waals surface area contributed by atoms with Crippen molar-refractivity contribution in [3.8, 4) is 0 Å². The summed E-state index contributed by atoms with van der Waals surface area (Å²) in [5.74, 6) is -0.333. The van der Waals surface area contributed by atoms with Crippen LogP contribution in [0, 0.1) is 11.3 Å². The fraction of sp³-hybridized carbons (Fsp3) is 0.818. The third-order valence-corrected chi connectivity index (χ3v) is 7.22. The van der Waals surface area contributed by atoms with Gasteiger partial charge in [-0.25, -0.2) is 4.79 Å². The number of fused-ring (bicyclic) bond motifs is 2. The van der Waals surface area contributed by atoms with Gasteiger partial charge >= 0.3 is 6.09 Å². The minimum absolute atomic E-state index is 0.0215. The van der Waals surface area contributed by atoms with Crippen LogP contribution in [0.1, 0.15) is 66.2 Å². The summed E-state index contributed by atoms with van der Waals surface area (Å²) in [7, 11) is 1.56. The van der Waals surface area contributed by atoms with Crippen LogP contribution in [0.2, 0.25) is 0 Å². The Labute approximate surface area is 177 Å². The lowest BCUT2D eigenvalue weighted by Crippen LogP contribution is -2.57. The van der Waals surface area contributed by atoms with Crippen molar-refractivity contribution in [2.45, 2.75) is 89.9 Å². The van der Waals surface area contributed by atoms with Crippen molar-refractivity contribution in [3.63, 3.8) is 0 Å². The average molecular weight is 420 g/mol. The molecule has 0 radical (unpaired) electrons. The molecule has 2 saturated heterocycles. The normalized spacial score (nSPS) is 28.2. The monoisotopic (exact) mass is 419 g/mol. The summed E-state index contributed by atoms with van der Waals surface area (Å²) in [6.07, 6.45) is 4.16. The molecule has 0 N–H and O–H groups in total. The van der Waals surface area contributed by atoms with E-state index in [1.54, 1.807) is 39.6 Å². The van der Waals surface area contributed by atoms with Gasteiger partial charge in [0.2, 0.25) is 17.7 Å². The highest BCUT2D eigenvalue weighted by Gasteiger charge is 2.68. The van der Waals surface area contributed by atoms with E-state index >= 15 is 0 Å². The molecule has 8 nitrogen and oxygen atoms in total. The molecule has 1 spiro atoms. The van der Waals surface area contributed by atoms with Gasteiger partial charge < -0.3 is 9.64 Å². The van der Waals surface area contributed by atoms with Crippen LogP contribution in [0.3, 0.4) is 0 Å². The summed E-state index contributed by atoms with van der Waals surface area (Å²) in [5, 5.41) is 0. The summed E-state index contributed by atoms with van der Waals surface area (Å²) >= 11 is 0. The Balaban J connectivity index is 1.54. The quantitative estimate of drug-likeness (QED) is 0.654. The van der Waals surface area contributed by atoms with Gasteiger partial charge in [-0.1, -0.05) is 6.42 Å². The first-order chi connectivity index (χ1) is 14.0. The van der Waals surface area contributed by atoms with Crippen molar-refractivity contribution in [3.05, 3.63) is 0 Å². The molecule has 4 fully saturated rings. The van der Waals surface area contributed by atoms with E-state index in [2.05, 4.69) is 0 Å². The van der Waals surface area contributed by atoms with Crippen LogP contribution in [0.5, 0.6) is 0 Å². The third kappa shape index (κ3) is 3.19. The van der Waals surface area contributed by atoms with Gasteiger partial charge in [0.1, 0.15) is 11.6 Å². The van der Waals surface area contributed by atoms with Crippen LogP contribution in [-0.4, -0.2) is 75.8 Å². The summed E-state index contributed by atoms with van der Waals surface area (Å²) in [6.45, 7) is 7.55. The molecule has 4 rings (SSSR count). The van der Waals surface area contributed by atoms with Crippen LogP contribution in [-0.2, 0) is 19.1 Å². The van der Waals surface area contributed by atoms with Crippen LogP contribution in [0.15, 0.2) is 0 Å².